The topological polar surface area (TPSA) is 91.4 Å². The number of rotatable bonds is 9. The fraction of sp³-hybridized carbons (Fsp3) is 0.552. The number of pyridine rings is 1. The van der Waals surface area contributed by atoms with E-state index >= 15 is 0 Å². The fourth-order valence-electron chi connectivity index (χ4n) is 5.36. The maximum Gasteiger partial charge on any atom is 0.291 e. The van der Waals surface area contributed by atoms with Gasteiger partial charge in [-0.2, -0.15) is 5.26 Å². The highest BCUT2D eigenvalue weighted by Crippen LogP contribution is 2.50. The normalized spacial score (nSPS) is 17.3. The van der Waals surface area contributed by atoms with Gasteiger partial charge in [0.2, 0.25) is 5.76 Å². The van der Waals surface area contributed by atoms with Crippen LogP contribution in [0.15, 0.2) is 34.8 Å². The fourth-order valence-corrected chi connectivity index (χ4v) is 5.36. The molecule has 0 saturated heterocycles. The van der Waals surface area contributed by atoms with Crippen molar-refractivity contribution in [2.75, 3.05) is 32.6 Å². The number of carbonyl (C=O) groups excluding carboxylic acids is 1. The standard InChI is InChI=1S/C29H38N4O3/c1-28(2,35-19-7-18-33(3)4)25-11-9-23(31-27(34)24-10-8-22(20-30)36-24)26(32-25)21-12-16-29(17-13-21)14-5-6-15-29/h8-12H,5-7,13-19H2,1-4H3,(H,31,34). The van der Waals surface area contributed by atoms with Crippen molar-refractivity contribution in [3.05, 3.63) is 53.2 Å². The number of nitriles is 1. The molecule has 1 spiro atoms. The second kappa shape index (κ2) is 11.0. The van der Waals surface area contributed by atoms with Gasteiger partial charge in [-0.3, -0.25) is 4.79 Å². The molecule has 1 amide bonds. The summed E-state index contributed by atoms with van der Waals surface area (Å²) in [6.07, 6.45) is 11.7. The second-order valence-electron chi connectivity index (χ2n) is 11.0. The van der Waals surface area contributed by atoms with Crippen LogP contribution in [-0.2, 0) is 10.3 Å². The van der Waals surface area contributed by atoms with Gasteiger partial charge in [0.25, 0.3) is 5.91 Å². The number of furan rings is 1. The van der Waals surface area contributed by atoms with E-state index in [9.17, 15) is 4.79 Å². The molecule has 1 saturated carbocycles. The Bertz CT molecular complexity index is 1150. The van der Waals surface area contributed by atoms with Crippen LogP contribution in [0.2, 0.25) is 0 Å². The van der Waals surface area contributed by atoms with Crippen LogP contribution in [0.1, 0.15) is 92.9 Å². The van der Waals surface area contributed by atoms with Crippen molar-refractivity contribution in [2.24, 2.45) is 5.41 Å². The Labute approximate surface area is 214 Å². The number of nitrogens with one attached hydrogen (secondary N) is 1. The molecule has 4 rings (SSSR count). The summed E-state index contributed by atoms with van der Waals surface area (Å²) in [7, 11) is 4.12. The summed E-state index contributed by atoms with van der Waals surface area (Å²) in [6, 6.07) is 8.77. The molecule has 36 heavy (non-hydrogen) atoms. The lowest BCUT2D eigenvalue weighted by Crippen LogP contribution is -2.26. The van der Waals surface area contributed by atoms with E-state index in [0.29, 0.717) is 17.7 Å². The number of ether oxygens (including phenoxy) is 1. The van der Waals surface area contributed by atoms with Gasteiger partial charge in [0.05, 0.1) is 17.1 Å². The molecule has 2 aromatic rings. The maximum absolute atomic E-state index is 12.9. The summed E-state index contributed by atoms with van der Waals surface area (Å²) in [5.74, 6) is -0.178. The smallest absolute Gasteiger partial charge is 0.291 e. The van der Waals surface area contributed by atoms with Crippen molar-refractivity contribution in [1.29, 1.82) is 5.26 Å². The van der Waals surface area contributed by atoms with Crippen LogP contribution in [0.25, 0.3) is 5.57 Å². The average molecular weight is 491 g/mol. The van der Waals surface area contributed by atoms with Gasteiger partial charge in [-0.15, -0.1) is 0 Å². The third-order valence-corrected chi connectivity index (χ3v) is 7.59. The van der Waals surface area contributed by atoms with Gasteiger partial charge in [0, 0.05) is 6.61 Å². The van der Waals surface area contributed by atoms with E-state index in [4.69, 9.17) is 19.4 Å². The molecular weight excluding hydrogens is 452 g/mol. The van der Waals surface area contributed by atoms with Gasteiger partial charge >= 0.3 is 0 Å². The number of amides is 1. The summed E-state index contributed by atoms with van der Waals surface area (Å²) in [4.78, 5) is 20.1. The van der Waals surface area contributed by atoms with Crippen LogP contribution in [0.5, 0.6) is 0 Å². The molecule has 2 aromatic heterocycles. The molecule has 0 aliphatic heterocycles. The number of anilines is 1. The first-order valence-corrected chi connectivity index (χ1v) is 13.0. The van der Waals surface area contributed by atoms with Crippen LogP contribution in [0.3, 0.4) is 0 Å². The van der Waals surface area contributed by atoms with Crippen LogP contribution in [-0.4, -0.2) is 43.0 Å². The molecule has 0 bridgehead atoms. The summed E-state index contributed by atoms with van der Waals surface area (Å²) in [5.41, 5.74) is 3.34. The third kappa shape index (κ3) is 6.05. The number of nitrogens with zero attached hydrogens (tertiary/aromatic N) is 3. The largest absolute Gasteiger partial charge is 0.440 e. The highest BCUT2D eigenvalue weighted by molar-refractivity contribution is 6.03. The molecule has 0 aromatic carbocycles. The number of carbonyl (C=O) groups is 1. The van der Waals surface area contributed by atoms with Crippen molar-refractivity contribution in [3.8, 4) is 6.07 Å². The van der Waals surface area contributed by atoms with Crippen molar-refractivity contribution < 1.29 is 13.9 Å². The van der Waals surface area contributed by atoms with Crippen LogP contribution < -0.4 is 5.32 Å². The molecule has 2 aliphatic carbocycles. The molecule has 0 radical (unpaired) electrons. The zero-order chi connectivity index (χ0) is 25.8. The van der Waals surface area contributed by atoms with Crippen molar-refractivity contribution in [1.82, 2.24) is 9.88 Å². The molecule has 0 atom stereocenters. The number of allylic oxidation sites excluding steroid dienone is 2. The Morgan fingerprint density at radius 3 is 2.64 bits per heavy atom. The van der Waals surface area contributed by atoms with Gasteiger partial charge < -0.3 is 19.4 Å². The molecule has 0 unspecified atom stereocenters. The average Bonchev–Trinajstić information content (AvgIpc) is 3.53. The number of aromatic nitrogens is 1. The lowest BCUT2D eigenvalue weighted by Gasteiger charge is -2.33. The molecule has 1 N–H and O–H groups in total. The Morgan fingerprint density at radius 1 is 1.22 bits per heavy atom. The van der Waals surface area contributed by atoms with Gasteiger partial charge in [-0.25, -0.2) is 4.98 Å². The summed E-state index contributed by atoms with van der Waals surface area (Å²) in [5, 5.41) is 12.0. The lowest BCUT2D eigenvalue weighted by molar-refractivity contribution is -0.0274. The summed E-state index contributed by atoms with van der Waals surface area (Å²) < 4.78 is 11.6. The first kappa shape index (κ1) is 26.1. The molecular formula is C29H38N4O3. The van der Waals surface area contributed by atoms with Crippen molar-refractivity contribution in [3.63, 3.8) is 0 Å². The molecule has 192 valence electrons. The Kier molecular flexibility index (Phi) is 7.97. The van der Waals surface area contributed by atoms with Gasteiger partial charge in [-0.05, 0) is 108 Å². The number of hydrogen-bond donors (Lipinski definition) is 1. The van der Waals surface area contributed by atoms with Crippen molar-refractivity contribution in [2.45, 2.75) is 70.8 Å². The van der Waals surface area contributed by atoms with Crippen LogP contribution in [0.4, 0.5) is 5.69 Å². The molecule has 7 nitrogen and oxygen atoms in total. The van der Waals surface area contributed by atoms with Gasteiger partial charge in [0.1, 0.15) is 11.7 Å². The van der Waals surface area contributed by atoms with Crippen LogP contribution in [0, 0.1) is 16.7 Å². The summed E-state index contributed by atoms with van der Waals surface area (Å²) in [6.45, 7) is 5.70. The van der Waals surface area contributed by atoms with E-state index in [-0.39, 0.29) is 11.5 Å². The summed E-state index contributed by atoms with van der Waals surface area (Å²) >= 11 is 0. The lowest BCUT2D eigenvalue weighted by atomic mass is 9.73. The van der Waals surface area contributed by atoms with E-state index < -0.39 is 11.5 Å². The Hall–Kier alpha value is -2.95. The highest BCUT2D eigenvalue weighted by atomic mass is 16.5. The Balaban J connectivity index is 1.60. The van der Waals surface area contributed by atoms with E-state index in [0.717, 1.165) is 43.6 Å². The quantitative estimate of drug-likeness (QED) is 0.425. The maximum atomic E-state index is 12.9. The molecule has 1 fully saturated rings. The number of hydrogen-bond acceptors (Lipinski definition) is 6. The molecule has 2 heterocycles. The first-order valence-electron chi connectivity index (χ1n) is 13.0. The zero-order valence-electron chi connectivity index (χ0n) is 22.0. The second-order valence-corrected chi connectivity index (χ2v) is 11.0. The minimum atomic E-state index is -0.561. The van der Waals surface area contributed by atoms with E-state index in [1.807, 2.05) is 32.0 Å². The van der Waals surface area contributed by atoms with Gasteiger partial charge in [0.15, 0.2) is 5.76 Å². The third-order valence-electron chi connectivity index (χ3n) is 7.59. The molecule has 7 heteroatoms. The van der Waals surface area contributed by atoms with Crippen LogP contribution >= 0.6 is 0 Å². The SMILES string of the molecule is CN(C)CCCOC(C)(C)c1ccc(NC(=O)c2ccc(C#N)o2)c(C2=CCC3(CCCC3)CC2)n1. The minimum absolute atomic E-state index is 0.105. The van der Waals surface area contributed by atoms with Gasteiger partial charge in [-0.1, -0.05) is 18.9 Å². The predicted octanol–water partition coefficient (Wildman–Crippen LogP) is 6.13. The minimum Gasteiger partial charge on any atom is -0.440 e. The highest BCUT2D eigenvalue weighted by Gasteiger charge is 2.36. The predicted molar refractivity (Wildman–Crippen MR) is 140 cm³/mol. The van der Waals surface area contributed by atoms with Crippen molar-refractivity contribution >= 4 is 17.2 Å². The Morgan fingerprint density at radius 2 is 2.00 bits per heavy atom. The van der Waals surface area contributed by atoms with E-state index in [1.165, 1.54) is 43.4 Å². The van der Waals surface area contributed by atoms with E-state index in [1.54, 1.807) is 0 Å². The van der Waals surface area contributed by atoms with E-state index in [2.05, 4.69) is 30.4 Å². The zero-order valence-corrected chi connectivity index (χ0v) is 22.0. The molecule has 2 aliphatic rings. The first-order chi connectivity index (χ1) is 17.2. The monoisotopic (exact) mass is 490 g/mol.